The van der Waals surface area contributed by atoms with Gasteiger partial charge in [-0.2, -0.15) is 0 Å². The number of piperidine rings is 1. The van der Waals surface area contributed by atoms with E-state index in [1.165, 1.54) is 5.56 Å². The van der Waals surface area contributed by atoms with Crippen LogP contribution in [0.2, 0.25) is 0 Å². The molecule has 2 rings (SSSR count). The van der Waals surface area contributed by atoms with Crippen molar-refractivity contribution in [3.8, 4) is 0 Å². The van der Waals surface area contributed by atoms with Crippen molar-refractivity contribution in [2.45, 2.75) is 31.7 Å². The molecule has 1 unspecified atom stereocenters. The lowest BCUT2D eigenvalue weighted by atomic mass is 10.1. The third-order valence-electron chi connectivity index (χ3n) is 4.34. The largest absolute Gasteiger partial charge is 0.353 e. The monoisotopic (exact) mass is 317 g/mol. The van der Waals surface area contributed by atoms with E-state index in [1.54, 1.807) is 4.90 Å². The van der Waals surface area contributed by atoms with E-state index < -0.39 is 0 Å². The Labute approximate surface area is 138 Å². The molecule has 0 aliphatic carbocycles. The summed E-state index contributed by atoms with van der Waals surface area (Å²) in [6.45, 7) is 1.47. The van der Waals surface area contributed by atoms with E-state index in [0.717, 1.165) is 19.3 Å². The molecule has 5 nitrogen and oxygen atoms in total. The molecule has 0 bridgehead atoms. The Kier molecular flexibility index (Phi) is 6.59. The van der Waals surface area contributed by atoms with Gasteiger partial charge in [-0.05, 0) is 38.9 Å². The molecule has 5 heteroatoms. The number of nitrogens with zero attached hydrogens (tertiary/aromatic N) is 2. The molecule has 0 saturated carbocycles. The van der Waals surface area contributed by atoms with Crippen molar-refractivity contribution in [3.05, 3.63) is 35.9 Å². The van der Waals surface area contributed by atoms with Crippen LogP contribution in [0.1, 0.15) is 24.8 Å². The van der Waals surface area contributed by atoms with Crippen LogP contribution in [0.5, 0.6) is 0 Å². The highest BCUT2D eigenvalue weighted by Crippen LogP contribution is 2.10. The predicted octanol–water partition coefficient (Wildman–Crippen LogP) is 1.29. The molecule has 0 spiro atoms. The topological polar surface area (TPSA) is 52.7 Å². The number of carbonyl (C=O) groups excluding carboxylic acids is 2. The number of likely N-dealkylation sites (N-methyl/N-ethyl adjacent to an activating group) is 1. The summed E-state index contributed by atoms with van der Waals surface area (Å²) in [6.07, 6.45) is 3.39. The van der Waals surface area contributed by atoms with Gasteiger partial charge >= 0.3 is 0 Å². The lowest BCUT2D eigenvalue weighted by Gasteiger charge is -2.28. The van der Waals surface area contributed by atoms with E-state index in [9.17, 15) is 9.59 Å². The van der Waals surface area contributed by atoms with Crippen molar-refractivity contribution in [2.24, 2.45) is 0 Å². The number of hydrogen-bond donors (Lipinski definition) is 1. The molecule has 1 atom stereocenters. The van der Waals surface area contributed by atoms with Gasteiger partial charge in [0.05, 0.1) is 6.54 Å². The molecule has 1 aromatic rings. The van der Waals surface area contributed by atoms with Crippen LogP contribution in [0.15, 0.2) is 30.3 Å². The summed E-state index contributed by atoms with van der Waals surface area (Å²) < 4.78 is 0. The summed E-state index contributed by atoms with van der Waals surface area (Å²) in [4.78, 5) is 27.7. The van der Waals surface area contributed by atoms with Crippen LogP contribution in [0, 0.1) is 0 Å². The Morgan fingerprint density at radius 3 is 2.65 bits per heavy atom. The summed E-state index contributed by atoms with van der Waals surface area (Å²) in [5, 5.41) is 2.98. The predicted molar refractivity (Wildman–Crippen MR) is 91.1 cm³/mol. The zero-order chi connectivity index (χ0) is 16.7. The molecule has 1 fully saturated rings. The number of nitrogens with one attached hydrogen (secondary N) is 1. The minimum atomic E-state index is -0.0693. The van der Waals surface area contributed by atoms with Crippen molar-refractivity contribution in [1.82, 2.24) is 15.1 Å². The molecule has 1 saturated heterocycles. The zero-order valence-corrected chi connectivity index (χ0v) is 14.1. The SMILES string of the molecule is CN(C)C(CNC(=O)CN1CCCCC1=O)Cc1ccccc1. The summed E-state index contributed by atoms with van der Waals surface area (Å²) >= 11 is 0. The molecule has 1 N–H and O–H groups in total. The van der Waals surface area contributed by atoms with E-state index >= 15 is 0 Å². The maximum atomic E-state index is 12.1. The van der Waals surface area contributed by atoms with E-state index in [1.807, 2.05) is 32.3 Å². The van der Waals surface area contributed by atoms with Gasteiger partial charge in [-0.1, -0.05) is 30.3 Å². The Balaban J connectivity index is 1.81. The molecule has 0 radical (unpaired) electrons. The molecule has 23 heavy (non-hydrogen) atoms. The average Bonchev–Trinajstić information content (AvgIpc) is 2.54. The van der Waals surface area contributed by atoms with E-state index in [-0.39, 0.29) is 24.4 Å². The fourth-order valence-electron chi connectivity index (χ4n) is 2.81. The van der Waals surface area contributed by atoms with Gasteiger partial charge in [0.2, 0.25) is 11.8 Å². The van der Waals surface area contributed by atoms with Crippen LogP contribution < -0.4 is 5.32 Å². The molecular weight excluding hydrogens is 290 g/mol. The first-order valence-corrected chi connectivity index (χ1v) is 8.31. The Bertz CT molecular complexity index is 516. The minimum Gasteiger partial charge on any atom is -0.353 e. The molecule has 126 valence electrons. The molecule has 1 aliphatic rings. The Hall–Kier alpha value is -1.88. The lowest BCUT2D eigenvalue weighted by Crippen LogP contribution is -2.47. The van der Waals surface area contributed by atoms with Crippen molar-refractivity contribution < 1.29 is 9.59 Å². The first-order chi connectivity index (χ1) is 11.1. The van der Waals surface area contributed by atoms with Crippen molar-refractivity contribution in [2.75, 3.05) is 33.7 Å². The van der Waals surface area contributed by atoms with Gasteiger partial charge < -0.3 is 15.1 Å². The third kappa shape index (κ3) is 5.67. The number of rotatable bonds is 7. The number of likely N-dealkylation sites (tertiary alicyclic amines) is 1. The quantitative estimate of drug-likeness (QED) is 0.824. The molecule has 2 amide bonds. The molecule has 0 aromatic heterocycles. The van der Waals surface area contributed by atoms with Gasteiger partial charge in [0, 0.05) is 25.6 Å². The number of carbonyl (C=O) groups is 2. The maximum Gasteiger partial charge on any atom is 0.239 e. The fourth-order valence-corrected chi connectivity index (χ4v) is 2.81. The van der Waals surface area contributed by atoms with Crippen LogP contribution in [0.4, 0.5) is 0 Å². The lowest BCUT2D eigenvalue weighted by molar-refractivity contribution is -0.137. The molecule has 1 aliphatic heterocycles. The average molecular weight is 317 g/mol. The van der Waals surface area contributed by atoms with Gasteiger partial charge in [-0.15, -0.1) is 0 Å². The van der Waals surface area contributed by atoms with Gasteiger partial charge in [0.15, 0.2) is 0 Å². The smallest absolute Gasteiger partial charge is 0.239 e. The third-order valence-corrected chi connectivity index (χ3v) is 4.34. The fraction of sp³-hybridized carbons (Fsp3) is 0.556. The number of benzene rings is 1. The first-order valence-electron chi connectivity index (χ1n) is 8.31. The number of hydrogen-bond acceptors (Lipinski definition) is 3. The maximum absolute atomic E-state index is 12.1. The van der Waals surface area contributed by atoms with E-state index in [4.69, 9.17) is 0 Å². The molecular formula is C18H27N3O2. The second kappa shape index (κ2) is 8.67. The van der Waals surface area contributed by atoms with Gasteiger partial charge in [-0.25, -0.2) is 0 Å². The number of amides is 2. The highest BCUT2D eigenvalue weighted by Gasteiger charge is 2.21. The summed E-state index contributed by atoms with van der Waals surface area (Å²) in [6, 6.07) is 10.5. The highest BCUT2D eigenvalue weighted by molar-refractivity contribution is 5.85. The second-order valence-corrected chi connectivity index (χ2v) is 6.38. The van der Waals surface area contributed by atoms with E-state index in [2.05, 4.69) is 22.3 Å². The van der Waals surface area contributed by atoms with Gasteiger partial charge in [-0.3, -0.25) is 9.59 Å². The van der Waals surface area contributed by atoms with Crippen LogP contribution in [-0.2, 0) is 16.0 Å². The Morgan fingerprint density at radius 2 is 2.00 bits per heavy atom. The summed E-state index contributed by atoms with van der Waals surface area (Å²) in [5.41, 5.74) is 1.26. The second-order valence-electron chi connectivity index (χ2n) is 6.38. The normalized spacial score (nSPS) is 16.5. The standard InChI is InChI=1S/C18H27N3O2/c1-20(2)16(12-15-8-4-3-5-9-15)13-19-17(22)14-21-11-7-6-10-18(21)23/h3-5,8-9,16H,6-7,10-14H2,1-2H3,(H,19,22). The Morgan fingerprint density at radius 1 is 1.26 bits per heavy atom. The minimum absolute atomic E-state index is 0.0693. The van der Waals surface area contributed by atoms with Crippen molar-refractivity contribution in [1.29, 1.82) is 0 Å². The first kappa shape index (κ1) is 17.5. The van der Waals surface area contributed by atoms with Crippen LogP contribution in [0.3, 0.4) is 0 Å². The van der Waals surface area contributed by atoms with E-state index in [0.29, 0.717) is 19.5 Å². The summed E-state index contributed by atoms with van der Waals surface area (Å²) in [7, 11) is 4.04. The van der Waals surface area contributed by atoms with Crippen molar-refractivity contribution >= 4 is 11.8 Å². The molecule has 1 aromatic carbocycles. The van der Waals surface area contributed by atoms with Gasteiger partial charge in [0.1, 0.15) is 0 Å². The highest BCUT2D eigenvalue weighted by atomic mass is 16.2. The zero-order valence-electron chi connectivity index (χ0n) is 14.1. The van der Waals surface area contributed by atoms with Crippen LogP contribution >= 0.6 is 0 Å². The van der Waals surface area contributed by atoms with Crippen LogP contribution in [-0.4, -0.2) is 61.4 Å². The molecule has 1 heterocycles. The van der Waals surface area contributed by atoms with Crippen molar-refractivity contribution in [3.63, 3.8) is 0 Å². The summed E-state index contributed by atoms with van der Waals surface area (Å²) in [5.74, 6) is 0.0278. The van der Waals surface area contributed by atoms with Gasteiger partial charge in [0.25, 0.3) is 0 Å². The van der Waals surface area contributed by atoms with Crippen LogP contribution in [0.25, 0.3) is 0 Å².